The molecule has 0 radical (unpaired) electrons. The summed E-state index contributed by atoms with van der Waals surface area (Å²) in [5.74, 6) is -0.318. The van der Waals surface area contributed by atoms with Gasteiger partial charge in [0, 0.05) is 29.7 Å². The number of nitrogens with one attached hydrogen (secondary N) is 1. The van der Waals surface area contributed by atoms with Gasteiger partial charge in [0.2, 0.25) is 5.91 Å². The van der Waals surface area contributed by atoms with Gasteiger partial charge in [-0.1, -0.05) is 29.8 Å². The van der Waals surface area contributed by atoms with E-state index < -0.39 is 6.04 Å². The third-order valence-electron chi connectivity index (χ3n) is 3.87. The fourth-order valence-electron chi connectivity index (χ4n) is 2.37. The van der Waals surface area contributed by atoms with Gasteiger partial charge in [0.05, 0.1) is 5.69 Å². The molecular weight excluding hydrogens is 316 g/mol. The van der Waals surface area contributed by atoms with Gasteiger partial charge in [0.15, 0.2) is 0 Å². The largest absolute Gasteiger partial charge is 0.324 e. The van der Waals surface area contributed by atoms with Crippen LogP contribution in [0.3, 0.4) is 0 Å². The predicted molar refractivity (Wildman–Crippen MR) is 96.2 cm³/mol. The van der Waals surface area contributed by atoms with Crippen LogP contribution in [-0.2, 0) is 4.79 Å². The first kappa shape index (κ1) is 16.6. The molecule has 0 saturated heterocycles. The van der Waals surface area contributed by atoms with Crippen molar-refractivity contribution in [1.82, 2.24) is 14.8 Å². The predicted octanol–water partition coefficient (Wildman–Crippen LogP) is 2.81. The Bertz CT molecular complexity index is 934. The highest BCUT2D eigenvalue weighted by molar-refractivity contribution is 5.93. The van der Waals surface area contributed by atoms with Crippen molar-refractivity contribution < 1.29 is 4.79 Å². The van der Waals surface area contributed by atoms with E-state index in [1.54, 1.807) is 37.5 Å². The number of benzene rings is 1. The fraction of sp³-hybridized carbons (Fsp3) is 0.158. The lowest BCUT2D eigenvalue weighted by Gasteiger charge is -2.15. The molecule has 0 fully saturated rings. The molecule has 25 heavy (non-hydrogen) atoms. The summed E-state index contributed by atoms with van der Waals surface area (Å²) in [6, 6.07) is 13.6. The third kappa shape index (κ3) is 3.80. The van der Waals surface area contributed by atoms with Crippen LogP contribution in [0.5, 0.6) is 0 Å². The monoisotopic (exact) mass is 334 g/mol. The van der Waals surface area contributed by atoms with Gasteiger partial charge in [-0.3, -0.25) is 14.6 Å². The number of aromatic nitrogens is 3. The summed E-state index contributed by atoms with van der Waals surface area (Å²) in [6.45, 7) is 3.65. The highest BCUT2D eigenvalue weighted by atomic mass is 16.2. The lowest BCUT2D eigenvalue weighted by Crippen LogP contribution is -2.33. The Morgan fingerprint density at radius 3 is 2.40 bits per heavy atom. The van der Waals surface area contributed by atoms with Crippen molar-refractivity contribution in [2.75, 3.05) is 5.32 Å². The molecule has 3 rings (SSSR count). The molecular formula is C19H18N4O2. The second kappa shape index (κ2) is 7.09. The molecule has 0 bridgehead atoms. The lowest BCUT2D eigenvalue weighted by molar-refractivity contribution is -0.119. The van der Waals surface area contributed by atoms with Gasteiger partial charge in [-0.2, -0.15) is 5.10 Å². The number of aryl methyl sites for hydroxylation is 1. The van der Waals surface area contributed by atoms with Gasteiger partial charge < -0.3 is 5.32 Å². The Morgan fingerprint density at radius 1 is 1.04 bits per heavy atom. The molecule has 1 amide bonds. The second-order valence-corrected chi connectivity index (χ2v) is 5.77. The zero-order chi connectivity index (χ0) is 17.8. The number of carbonyl (C=O) groups is 1. The minimum Gasteiger partial charge on any atom is -0.324 e. The van der Waals surface area contributed by atoms with Gasteiger partial charge in [-0.05, 0) is 32.0 Å². The summed E-state index contributed by atoms with van der Waals surface area (Å²) >= 11 is 0. The van der Waals surface area contributed by atoms with E-state index in [0.29, 0.717) is 11.4 Å². The maximum absolute atomic E-state index is 12.4. The Kier molecular flexibility index (Phi) is 4.70. The molecule has 1 atom stereocenters. The molecule has 0 saturated carbocycles. The number of carbonyl (C=O) groups excluding carboxylic acids is 1. The van der Waals surface area contributed by atoms with E-state index in [0.717, 1.165) is 11.1 Å². The second-order valence-electron chi connectivity index (χ2n) is 5.77. The van der Waals surface area contributed by atoms with Gasteiger partial charge in [0.25, 0.3) is 5.56 Å². The molecule has 6 nitrogen and oxygen atoms in total. The van der Waals surface area contributed by atoms with Gasteiger partial charge in [-0.15, -0.1) is 0 Å². The number of amides is 1. The standard InChI is InChI=1S/C19H18N4O2/c1-13-3-5-15(6-4-13)17-7-8-18(24)23(22-17)14(2)19(25)21-16-9-11-20-12-10-16/h3-12,14H,1-2H3,(H,20,21,25). The van der Waals surface area contributed by atoms with Crippen LogP contribution in [0.15, 0.2) is 65.7 Å². The summed E-state index contributed by atoms with van der Waals surface area (Å²) < 4.78 is 1.20. The smallest absolute Gasteiger partial charge is 0.267 e. The Hall–Kier alpha value is -3.28. The van der Waals surface area contributed by atoms with Crippen LogP contribution in [0.25, 0.3) is 11.3 Å². The number of rotatable bonds is 4. The number of anilines is 1. The molecule has 1 N–H and O–H groups in total. The first-order valence-corrected chi connectivity index (χ1v) is 7.92. The molecule has 3 aromatic rings. The van der Waals surface area contributed by atoms with Crippen molar-refractivity contribution in [2.24, 2.45) is 0 Å². The Balaban J connectivity index is 1.88. The maximum atomic E-state index is 12.4. The van der Waals surface area contributed by atoms with Crippen LogP contribution in [0, 0.1) is 6.92 Å². The van der Waals surface area contributed by atoms with E-state index in [2.05, 4.69) is 15.4 Å². The van der Waals surface area contributed by atoms with Crippen molar-refractivity contribution in [2.45, 2.75) is 19.9 Å². The summed E-state index contributed by atoms with van der Waals surface area (Å²) in [5.41, 5.74) is 2.97. The lowest BCUT2D eigenvalue weighted by atomic mass is 10.1. The SMILES string of the molecule is Cc1ccc(-c2ccc(=O)n(C(C)C(=O)Nc3ccncc3)n2)cc1. The van der Waals surface area contributed by atoms with E-state index >= 15 is 0 Å². The van der Waals surface area contributed by atoms with E-state index in [-0.39, 0.29) is 11.5 Å². The van der Waals surface area contributed by atoms with Crippen LogP contribution in [0.2, 0.25) is 0 Å². The first-order chi connectivity index (χ1) is 12.0. The van der Waals surface area contributed by atoms with Crippen molar-refractivity contribution in [3.05, 3.63) is 76.8 Å². The topological polar surface area (TPSA) is 76.9 Å². The zero-order valence-corrected chi connectivity index (χ0v) is 14.0. The van der Waals surface area contributed by atoms with Gasteiger partial charge in [0.1, 0.15) is 6.04 Å². The number of pyridine rings is 1. The summed E-state index contributed by atoms with van der Waals surface area (Å²) in [7, 11) is 0. The summed E-state index contributed by atoms with van der Waals surface area (Å²) in [4.78, 5) is 28.5. The van der Waals surface area contributed by atoms with Crippen LogP contribution in [0.1, 0.15) is 18.5 Å². The third-order valence-corrected chi connectivity index (χ3v) is 3.87. The minimum atomic E-state index is -0.744. The van der Waals surface area contributed by atoms with Gasteiger partial charge in [-0.25, -0.2) is 4.68 Å². The van der Waals surface area contributed by atoms with Gasteiger partial charge >= 0.3 is 0 Å². The Morgan fingerprint density at radius 2 is 1.72 bits per heavy atom. The number of hydrogen-bond donors (Lipinski definition) is 1. The minimum absolute atomic E-state index is 0.318. The highest BCUT2D eigenvalue weighted by Gasteiger charge is 2.18. The average Bonchev–Trinajstić information content (AvgIpc) is 2.63. The molecule has 0 aliphatic rings. The average molecular weight is 334 g/mol. The van der Waals surface area contributed by atoms with Crippen LogP contribution >= 0.6 is 0 Å². The number of nitrogens with zero attached hydrogens (tertiary/aromatic N) is 3. The molecule has 0 aliphatic carbocycles. The van der Waals surface area contributed by atoms with Crippen LogP contribution in [-0.4, -0.2) is 20.7 Å². The van der Waals surface area contributed by atoms with Crippen molar-refractivity contribution in [3.63, 3.8) is 0 Å². The quantitative estimate of drug-likeness (QED) is 0.796. The van der Waals surface area contributed by atoms with Crippen LogP contribution in [0.4, 0.5) is 5.69 Å². The van der Waals surface area contributed by atoms with Crippen molar-refractivity contribution >= 4 is 11.6 Å². The summed E-state index contributed by atoms with van der Waals surface area (Å²) in [5, 5.41) is 7.12. The van der Waals surface area contributed by atoms with Crippen molar-refractivity contribution in [1.29, 1.82) is 0 Å². The molecule has 1 unspecified atom stereocenters. The molecule has 0 spiro atoms. The molecule has 1 aromatic carbocycles. The highest BCUT2D eigenvalue weighted by Crippen LogP contribution is 2.17. The van der Waals surface area contributed by atoms with E-state index in [9.17, 15) is 9.59 Å². The molecule has 0 aliphatic heterocycles. The fourth-order valence-corrected chi connectivity index (χ4v) is 2.37. The number of hydrogen-bond acceptors (Lipinski definition) is 4. The summed E-state index contributed by atoms with van der Waals surface area (Å²) in [6.07, 6.45) is 3.17. The Labute approximate surface area is 145 Å². The first-order valence-electron chi connectivity index (χ1n) is 7.92. The normalized spacial score (nSPS) is 11.8. The molecule has 2 heterocycles. The zero-order valence-electron chi connectivity index (χ0n) is 14.0. The van der Waals surface area contributed by atoms with E-state index in [1.807, 2.05) is 31.2 Å². The molecule has 126 valence electrons. The maximum Gasteiger partial charge on any atom is 0.267 e. The van der Waals surface area contributed by atoms with Crippen molar-refractivity contribution in [3.8, 4) is 11.3 Å². The molecule has 6 heteroatoms. The van der Waals surface area contributed by atoms with E-state index in [4.69, 9.17) is 0 Å². The molecule has 2 aromatic heterocycles. The van der Waals surface area contributed by atoms with E-state index in [1.165, 1.54) is 10.7 Å². The van der Waals surface area contributed by atoms with Crippen LogP contribution < -0.4 is 10.9 Å².